The zero-order valence-corrected chi connectivity index (χ0v) is 15.9. The number of phenols is 1. The second-order valence-electron chi connectivity index (χ2n) is 6.02. The molecule has 3 aromatic rings. The average Bonchev–Trinajstić information content (AvgIpc) is 2.69. The number of rotatable bonds is 6. The number of anilines is 2. The van der Waals surface area contributed by atoms with E-state index in [1.165, 1.54) is 36.4 Å². The van der Waals surface area contributed by atoms with Crippen molar-refractivity contribution in [3.8, 4) is 5.75 Å². The zero-order chi connectivity index (χ0) is 21.9. The number of carbonyl (C=O) groups is 1. The number of sulfonamides is 1. The molecule has 0 aliphatic rings. The number of nitrogens with one attached hydrogen (secondary N) is 2. The summed E-state index contributed by atoms with van der Waals surface area (Å²) in [7, 11) is -4.32. The lowest BCUT2D eigenvalue weighted by Crippen LogP contribution is -2.18. The van der Waals surface area contributed by atoms with E-state index in [2.05, 4.69) is 10.0 Å². The van der Waals surface area contributed by atoms with Gasteiger partial charge >= 0.3 is 5.69 Å². The van der Waals surface area contributed by atoms with Gasteiger partial charge in [0.1, 0.15) is 5.82 Å². The first-order valence-corrected chi connectivity index (χ1v) is 9.82. The molecule has 0 radical (unpaired) electrons. The quantitative estimate of drug-likeness (QED) is 0.403. The lowest BCUT2D eigenvalue weighted by atomic mass is 10.1. The summed E-state index contributed by atoms with van der Waals surface area (Å²) in [6.07, 6.45) is 0. The van der Waals surface area contributed by atoms with Gasteiger partial charge in [0.05, 0.1) is 21.1 Å². The zero-order valence-electron chi connectivity index (χ0n) is 15.1. The summed E-state index contributed by atoms with van der Waals surface area (Å²) in [6.45, 7) is 0. The Hall–Kier alpha value is -3.99. The first-order chi connectivity index (χ1) is 14.2. The number of amides is 1. The molecule has 0 unspecified atom stereocenters. The number of hydrogen-bond acceptors (Lipinski definition) is 6. The van der Waals surface area contributed by atoms with Crippen molar-refractivity contribution in [2.24, 2.45) is 0 Å². The van der Waals surface area contributed by atoms with E-state index in [9.17, 15) is 32.8 Å². The third kappa shape index (κ3) is 4.52. The van der Waals surface area contributed by atoms with Crippen molar-refractivity contribution < 1.29 is 27.6 Å². The highest BCUT2D eigenvalue weighted by atomic mass is 32.2. The fraction of sp³-hybridized carbons (Fsp3) is 0. The maximum Gasteiger partial charge on any atom is 0.312 e. The average molecular weight is 431 g/mol. The van der Waals surface area contributed by atoms with Crippen LogP contribution < -0.4 is 10.0 Å². The summed E-state index contributed by atoms with van der Waals surface area (Å²) in [5, 5.41) is 23.0. The van der Waals surface area contributed by atoms with Crippen LogP contribution in [0.25, 0.3) is 0 Å². The molecule has 0 heterocycles. The maximum atomic E-state index is 13.0. The Balaban J connectivity index is 1.90. The first-order valence-electron chi connectivity index (χ1n) is 8.33. The Labute approximate surface area is 170 Å². The predicted molar refractivity (Wildman–Crippen MR) is 106 cm³/mol. The third-order valence-corrected chi connectivity index (χ3v) is 5.34. The lowest BCUT2D eigenvalue weighted by Gasteiger charge is -2.13. The second-order valence-corrected chi connectivity index (χ2v) is 7.70. The van der Waals surface area contributed by atoms with Crippen molar-refractivity contribution in [1.29, 1.82) is 0 Å². The van der Waals surface area contributed by atoms with Crippen molar-refractivity contribution in [1.82, 2.24) is 0 Å². The molecular formula is C19H14FN3O6S. The smallest absolute Gasteiger partial charge is 0.312 e. The van der Waals surface area contributed by atoms with Crippen LogP contribution >= 0.6 is 0 Å². The van der Waals surface area contributed by atoms with E-state index in [1.807, 2.05) is 0 Å². The van der Waals surface area contributed by atoms with Crippen LogP contribution in [0.4, 0.5) is 21.5 Å². The Bertz CT molecular complexity index is 1230. The Morgan fingerprint density at radius 1 is 1.03 bits per heavy atom. The standard InChI is InChI=1S/C19H14FN3O6S/c20-12-5-7-13(8-6-12)21-19(25)15-3-1-2-4-16(15)22-30(28,29)14-9-10-18(24)17(11-14)23(26)27/h1-11,22,24H,(H,21,25). The van der Waals surface area contributed by atoms with Gasteiger partial charge in [0, 0.05) is 11.8 Å². The maximum absolute atomic E-state index is 13.0. The molecule has 11 heteroatoms. The molecule has 0 saturated heterocycles. The van der Waals surface area contributed by atoms with E-state index in [4.69, 9.17) is 0 Å². The number of phenolic OH excluding ortho intramolecular Hbond substituents is 1. The van der Waals surface area contributed by atoms with Crippen molar-refractivity contribution in [2.45, 2.75) is 4.90 Å². The molecule has 0 fully saturated rings. The molecule has 3 N–H and O–H groups in total. The van der Waals surface area contributed by atoms with E-state index in [0.29, 0.717) is 11.8 Å². The number of hydrogen-bond donors (Lipinski definition) is 3. The molecule has 30 heavy (non-hydrogen) atoms. The molecule has 9 nitrogen and oxygen atoms in total. The van der Waals surface area contributed by atoms with Crippen LogP contribution in [-0.4, -0.2) is 24.4 Å². The third-order valence-electron chi connectivity index (χ3n) is 3.97. The van der Waals surface area contributed by atoms with Gasteiger partial charge in [-0.2, -0.15) is 0 Å². The van der Waals surface area contributed by atoms with Crippen molar-refractivity contribution in [3.05, 3.63) is 88.2 Å². The van der Waals surface area contributed by atoms with Gasteiger partial charge in [-0.25, -0.2) is 12.8 Å². The molecule has 0 aliphatic heterocycles. The SMILES string of the molecule is O=C(Nc1ccc(F)cc1)c1ccccc1NS(=O)(=O)c1ccc(O)c([N+](=O)[O-])c1. The molecule has 0 saturated carbocycles. The minimum Gasteiger partial charge on any atom is -0.502 e. The molecule has 0 aliphatic carbocycles. The molecule has 3 aromatic carbocycles. The lowest BCUT2D eigenvalue weighted by molar-refractivity contribution is -0.386. The number of carbonyl (C=O) groups excluding carboxylic acids is 1. The fourth-order valence-corrected chi connectivity index (χ4v) is 3.62. The van der Waals surface area contributed by atoms with Gasteiger partial charge in [0.25, 0.3) is 15.9 Å². The van der Waals surface area contributed by atoms with Gasteiger partial charge < -0.3 is 10.4 Å². The Morgan fingerprint density at radius 3 is 2.37 bits per heavy atom. The van der Waals surface area contributed by atoms with Gasteiger partial charge in [0.2, 0.25) is 0 Å². The highest BCUT2D eigenvalue weighted by Gasteiger charge is 2.23. The monoisotopic (exact) mass is 431 g/mol. The van der Waals surface area contributed by atoms with Crippen LogP contribution in [0, 0.1) is 15.9 Å². The topological polar surface area (TPSA) is 139 Å². The molecule has 154 valence electrons. The van der Waals surface area contributed by atoms with E-state index >= 15 is 0 Å². The largest absolute Gasteiger partial charge is 0.502 e. The summed E-state index contributed by atoms with van der Waals surface area (Å²) >= 11 is 0. The highest BCUT2D eigenvalue weighted by Crippen LogP contribution is 2.29. The number of halogens is 1. The first kappa shape index (κ1) is 20.7. The van der Waals surface area contributed by atoms with Gasteiger partial charge in [0.15, 0.2) is 5.75 Å². The number of nitro benzene ring substituents is 1. The number of aromatic hydroxyl groups is 1. The molecule has 0 aromatic heterocycles. The van der Waals surface area contributed by atoms with E-state index in [1.54, 1.807) is 0 Å². The van der Waals surface area contributed by atoms with Crippen LogP contribution in [0.5, 0.6) is 5.75 Å². The van der Waals surface area contributed by atoms with Gasteiger partial charge in [-0.05, 0) is 48.5 Å². The predicted octanol–water partition coefficient (Wildman–Crippen LogP) is 3.49. The molecule has 1 amide bonds. The normalized spacial score (nSPS) is 11.0. The minimum absolute atomic E-state index is 0.0290. The van der Waals surface area contributed by atoms with Gasteiger partial charge in [-0.3, -0.25) is 19.6 Å². The Morgan fingerprint density at radius 2 is 1.70 bits per heavy atom. The Kier molecular flexibility index (Phi) is 5.65. The second kappa shape index (κ2) is 8.17. The molecule has 3 rings (SSSR count). The summed E-state index contributed by atoms with van der Waals surface area (Å²) in [6, 6.07) is 13.3. The van der Waals surface area contributed by atoms with E-state index in [-0.39, 0.29) is 11.3 Å². The summed E-state index contributed by atoms with van der Waals surface area (Å²) in [5.41, 5.74) is -0.583. The fourth-order valence-electron chi connectivity index (χ4n) is 2.52. The number of benzene rings is 3. The van der Waals surface area contributed by atoms with Crippen LogP contribution in [-0.2, 0) is 10.0 Å². The highest BCUT2D eigenvalue weighted by molar-refractivity contribution is 7.92. The number of nitrogens with zero attached hydrogens (tertiary/aromatic N) is 1. The van der Waals surface area contributed by atoms with Gasteiger partial charge in [-0.1, -0.05) is 12.1 Å². The van der Waals surface area contributed by atoms with Gasteiger partial charge in [-0.15, -0.1) is 0 Å². The van der Waals surface area contributed by atoms with Crippen LogP contribution in [0.1, 0.15) is 10.4 Å². The number of nitro groups is 1. The molecule has 0 spiro atoms. The van der Waals surface area contributed by atoms with Crippen molar-refractivity contribution in [3.63, 3.8) is 0 Å². The van der Waals surface area contributed by atoms with Crippen molar-refractivity contribution >= 4 is 33.0 Å². The van der Waals surface area contributed by atoms with Crippen molar-refractivity contribution in [2.75, 3.05) is 10.0 Å². The minimum atomic E-state index is -4.32. The van der Waals surface area contributed by atoms with E-state index in [0.717, 1.165) is 24.3 Å². The molecule has 0 atom stereocenters. The number of para-hydroxylation sites is 1. The van der Waals surface area contributed by atoms with Crippen LogP contribution in [0.15, 0.2) is 71.6 Å². The molecule has 0 bridgehead atoms. The molecular weight excluding hydrogens is 417 g/mol. The summed E-state index contributed by atoms with van der Waals surface area (Å²) < 4.78 is 40.6. The van der Waals surface area contributed by atoms with E-state index < -0.39 is 43.0 Å². The van der Waals surface area contributed by atoms with Crippen LogP contribution in [0.2, 0.25) is 0 Å². The van der Waals surface area contributed by atoms with Crippen LogP contribution in [0.3, 0.4) is 0 Å². The summed E-state index contributed by atoms with van der Waals surface area (Å²) in [5.74, 6) is -1.82. The summed E-state index contributed by atoms with van der Waals surface area (Å²) in [4.78, 5) is 22.1.